The molecule has 0 saturated carbocycles. The molecule has 3 fully saturated rings. The Morgan fingerprint density at radius 3 is 2.96 bits per heavy atom. The quantitative estimate of drug-likeness (QED) is 0.801. The van der Waals surface area contributed by atoms with E-state index < -0.39 is 0 Å². The third-order valence-corrected chi connectivity index (χ3v) is 5.38. The normalized spacial score (nSPS) is 32.0. The fraction of sp³-hybridized carbons (Fsp3) is 0.750. The van der Waals surface area contributed by atoms with E-state index in [-0.39, 0.29) is 17.2 Å². The van der Waals surface area contributed by atoms with Crippen molar-refractivity contribution in [2.75, 3.05) is 52.6 Å². The van der Waals surface area contributed by atoms with Crippen LogP contribution in [0.2, 0.25) is 0 Å². The van der Waals surface area contributed by atoms with Gasteiger partial charge in [0.15, 0.2) is 0 Å². The van der Waals surface area contributed by atoms with Crippen LogP contribution in [0.15, 0.2) is 16.9 Å². The Morgan fingerprint density at radius 2 is 2.17 bits per heavy atom. The van der Waals surface area contributed by atoms with Gasteiger partial charge in [-0.25, -0.2) is 0 Å². The molecule has 126 valence electrons. The van der Waals surface area contributed by atoms with E-state index >= 15 is 0 Å². The first-order valence-electron chi connectivity index (χ1n) is 8.34. The molecule has 3 saturated heterocycles. The fourth-order valence-corrected chi connectivity index (χ4v) is 4.15. The fourth-order valence-electron chi connectivity index (χ4n) is 4.15. The molecule has 7 nitrogen and oxygen atoms in total. The Bertz CT molecular complexity index is 544. The number of ether oxygens (including phenoxy) is 2. The van der Waals surface area contributed by atoms with E-state index in [0.29, 0.717) is 39.5 Å². The van der Waals surface area contributed by atoms with Crippen molar-refractivity contribution in [2.24, 2.45) is 11.3 Å². The van der Waals surface area contributed by atoms with E-state index in [0.717, 1.165) is 31.7 Å². The number of hydrogen-bond donors (Lipinski definition) is 0. The van der Waals surface area contributed by atoms with Crippen LogP contribution in [0.4, 0.5) is 0 Å². The highest BCUT2D eigenvalue weighted by Crippen LogP contribution is 2.44. The highest BCUT2D eigenvalue weighted by Gasteiger charge is 2.54. The Balaban J connectivity index is 1.52. The smallest absolute Gasteiger partial charge is 0.230 e. The molecule has 23 heavy (non-hydrogen) atoms. The summed E-state index contributed by atoms with van der Waals surface area (Å²) in [4.78, 5) is 17.6. The second-order valence-corrected chi connectivity index (χ2v) is 6.74. The van der Waals surface area contributed by atoms with Crippen molar-refractivity contribution in [3.8, 4) is 0 Å². The van der Waals surface area contributed by atoms with Crippen molar-refractivity contribution >= 4 is 5.91 Å². The molecule has 0 aliphatic carbocycles. The van der Waals surface area contributed by atoms with Gasteiger partial charge in [-0.3, -0.25) is 9.69 Å². The summed E-state index contributed by atoms with van der Waals surface area (Å²) in [7, 11) is 0. The van der Waals surface area contributed by atoms with Crippen molar-refractivity contribution in [3.63, 3.8) is 0 Å². The van der Waals surface area contributed by atoms with Gasteiger partial charge in [-0.15, -0.1) is 0 Å². The summed E-state index contributed by atoms with van der Waals surface area (Å²) >= 11 is 0. The second kappa shape index (κ2) is 6.22. The first-order chi connectivity index (χ1) is 11.3. The van der Waals surface area contributed by atoms with Crippen LogP contribution in [-0.2, 0) is 20.8 Å². The molecule has 0 spiro atoms. The van der Waals surface area contributed by atoms with E-state index in [1.165, 1.54) is 0 Å². The molecule has 1 amide bonds. The number of amides is 1. The maximum absolute atomic E-state index is 13.3. The number of fused-ring (bicyclic) bond motifs is 1. The molecular formula is C16H23N3O4. The number of likely N-dealkylation sites (tertiary alicyclic amines) is 1. The number of carbonyl (C=O) groups excluding carboxylic acids is 1. The standard InChI is InChI=1S/C16H23N3O4/c20-15(19-3-7-21-8-4-19)16-2-6-22-11-13(16)9-18(12-16)10-14-1-5-23-17-14/h1,5,13H,2-4,6-12H2. The molecule has 0 radical (unpaired) electrons. The lowest BCUT2D eigenvalue weighted by molar-refractivity contribution is -0.154. The summed E-state index contributed by atoms with van der Waals surface area (Å²) in [6, 6.07) is 1.88. The Kier molecular flexibility index (Phi) is 4.09. The number of rotatable bonds is 3. The van der Waals surface area contributed by atoms with Crippen LogP contribution in [0.1, 0.15) is 12.1 Å². The number of morpholine rings is 1. The molecule has 0 bridgehead atoms. The number of carbonyl (C=O) groups is 1. The molecule has 4 heterocycles. The zero-order chi connectivity index (χ0) is 15.7. The van der Waals surface area contributed by atoms with Gasteiger partial charge in [0.05, 0.1) is 30.9 Å². The molecular weight excluding hydrogens is 298 g/mol. The summed E-state index contributed by atoms with van der Waals surface area (Å²) in [5, 5.41) is 3.99. The minimum atomic E-state index is -0.306. The van der Waals surface area contributed by atoms with Crippen molar-refractivity contribution in [3.05, 3.63) is 18.0 Å². The third-order valence-electron chi connectivity index (χ3n) is 5.38. The van der Waals surface area contributed by atoms with Gasteiger partial charge in [-0.2, -0.15) is 0 Å². The molecule has 3 aliphatic rings. The first kappa shape index (κ1) is 15.1. The second-order valence-electron chi connectivity index (χ2n) is 6.74. The van der Waals surface area contributed by atoms with Gasteiger partial charge < -0.3 is 18.9 Å². The van der Waals surface area contributed by atoms with Gasteiger partial charge in [0.1, 0.15) is 6.26 Å². The van der Waals surface area contributed by atoms with Crippen molar-refractivity contribution in [2.45, 2.75) is 13.0 Å². The minimum absolute atomic E-state index is 0.262. The third kappa shape index (κ3) is 2.77. The molecule has 4 rings (SSSR count). The molecule has 0 aromatic carbocycles. The first-order valence-corrected chi connectivity index (χ1v) is 8.34. The Hall–Kier alpha value is -1.44. The minimum Gasteiger partial charge on any atom is -0.381 e. The summed E-state index contributed by atoms with van der Waals surface area (Å²) in [5.74, 6) is 0.551. The van der Waals surface area contributed by atoms with Gasteiger partial charge in [-0.05, 0) is 6.42 Å². The van der Waals surface area contributed by atoms with Crippen LogP contribution in [0, 0.1) is 11.3 Å². The summed E-state index contributed by atoms with van der Waals surface area (Å²) in [5.41, 5.74) is 0.609. The van der Waals surface area contributed by atoms with Crippen molar-refractivity contribution in [1.29, 1.82) is 0 Å². The topological polar surface area (TPSA) is 68.0 Å². The lowest BCUT2D eigenvalue weighted by Gasteiger charge is -2.41. The van der Waals surface area contributed by atoms with E-state index in [1.807, 2.05) is 11.0 Å². The molecule has 2 atom stereocenters. The number of hydrogen-bond acceptors (Lipinski definition) is 6. The SMILES string of the molecule is O=C(N1CCOCC1)C12CCOCC1CN(Cc1ccon1)C2. The average molecular weight is 321 g/mol. The lowest BCUT2D eigenvalue weighted by Crippen LogP contribution is -2.54. The predicted octanol–water partition coefficient (Wildman–Crippen LogP) is 0.372. The Morgan fingerprint density at radius 1 is 1.30 bits per heavy atom. The zero-order valence-corrected chi connectivity index (χ0v) is 13.3. The van der Waals surface area contributed by atoms with Crippen LogP contribution in [0.25, 0.3) is 0 Å². The van der Waals surface area contributed by atoms with E-state index in [1.54, 1.807) is 6.26 Å². The van der Waals surface area contributed by atoms with E-state index in [2.05, 4.69) is 10.1 Å². The summed E-state index contributed by atoms with van der Waals surface area (Å²) in [6.07, 6.45) is 2.40. The van der Waals surface area contributed by atoms with Crippen LogP contribution >= 0.6 is 0 Å². The maximum atomic E-state index is 13.3. The number of aromatic nitrogens is 1. The van der Waals surface area contributed by atoms with E-state index in [9.17, 15) is 4.79 Å². The van der Waals surface area contributed by atoms with Crippen LogP contribution in [0.3, 0.4) is 0 Å². The van der Waals surface area contributed by atoms with Gasteiger partial charge in [0, 0.05) is 51.3 Å². The average Bonchev–Trinajstić information content (AvgIpc) is 3.22. The number of nitrogens with zero attached hydrogens (tertiary/aromatic N) is 3. The molecule has 1 aromatic rings. The Labute approximate surface area is 135 Å². The highest BCUT2D eigenvalue weighted by molar-refractivity contribution is 5.84. The lowest BCUT2D eigenvalue weighted by atomic mass is 9.73. The van der Waals surface area contributed by atoms with E-state index in [4.69, 9.17) is 14.0 Å². The summed E-state index contributed by atoms with van der Waals surface area (Å²) < 4.78 is 16.0. The van der Waals surface area contributed by atoms with Gasteiger partial charge in [0.25, 0.3) is 0 Å². The maximum Gasteiger partial charge on any atom is 0.230 e. The molecule has 3 aliphatic heterocycles. The van der Waals surface area contributed by atoms with Gasteiger partial charge >= 0.3 is 0 Å². The van der Waals surface area contributed by atoms with Crippen LogP contribution in [-0.4, -0.2) is 73.5 Å². The largest absolute Gasteiger partial charge is 0.381 e. The zero-order valence-electron chi connectivity index (χ0n) is 13.3. The molecule has 7 heteroatoms. The van der Waals surface area contributed by atoms with Crippen molar-refractivity contribution < 1.29 is 18.8 Å². The summed E-state index contributed by atoms with van der Waals surface area (Å²) in [6.45, 7) is 6.43. The van der Waals surface area contributed by atoms with Crippen LogP contribution in [0.5, 0.6) is 0 Å². The monoisotopic (exact) mass is 321 g/mol. The molecule has 1 aromatic heterocycles. The predicted molar refractivity (Wildman–Crippen MR) is 80.5 cm³/mol. The van der Waals surface area contributed by atoms with Crippen molar-refractivity contribution in [1.82, 2.24) is 15.0 Å². The van der Waals surface area contributed by atoms with Gasteiger partial charge in [0.2, 0.25) is 5.91 Å². The van der Waals surface area contributed by atoms with Gasteiger partial charge in [-0.1, -0.05) is 5.16 Å². The molecule has 0 N–H and O–H groups in total. The molecule has 2 unspecified atom stereocenters. The van der Waals surface area contributed by atoms with Crippen LogP contribution < -0.4 is 0 Å². The highest BCUT2D eigenvalue weighted by atomic mass is 16.5.